The predicted octanol–water partition coefficient (Wildman–Crippen LogP) is 13.1. The lowest BCUT2D eigenvalue weighted by molar-refractivity contribution is 0.590. The van der Waals surface area contributed by atoms with Gasteiger partial charge in [-0.25, -0.2) is 0 Å². The number of fused-ring (bicyclic) bond motifs is 9. The summed E-state index contributed by atoms with van der Waals surface area (Å²) in [5, 5.41) is 7.32. The quantitative estimate of drug-likeness (QED) is 0.188. The first-order valence-corrected chi connectivity index (χ1v) is 17.4. The number of nitrogens with zero attached hydrogens (tertiary/aromatic N) is 2. The Morgan fingerprint density at radius 1 is 0.420 bits per heavy atom. The van der Waals surface area contributed by atoms with Gasteiger partial charge in [0.05, 0.1) is 22.1 Å². The molecule has 7 aromatic carbocycles. The number of aromatic nitrogens is 2. The largest absolute Gasteiger partial charge is 0.456 e. The number of rotatable bonds is 3. The second kappa shape index (κ2) is 10.5. The monoisotopic (exact) mass is 644 g/mol. The fourth-order valence-electron chi connectivity index (χ4n) is 7.99. The summed E-state index contributed by atoms with van der Waals surface area (Å²) < 4.78 is 11.3. The Labute approximate surface area is 290 Å². The molecule has 0 aliphatic carbocycles. The zero-order valence-corrected chi connectivity index (χ0v) is 28.7. The average molecular weight is 645 g/mol. The highest BCUT2D eigenvalue weighted by molar-refractivity contribution is 6.12. The van der Waals surface area contributed by atoms with E-state index in [1.807, 2.05) is 0 Å². The minimum Gasteiger partial charge on any atom is -0.456 e. The molecule has 0 amide bonds. The van der Waals surface area contributed by atoms with Crippen LogP contribution in [0, 0.1) is 6.92 Å². The number of benzene rings is 7. The fourth-order valence-corrected chi connectivity index (χ4v) is 7.99. The Bertz CT molecular complexity index is 2920. The van der Waals surface area contributed by atoms with Crippen molar-refractivity contribution in [3.8, 4) is 22.5 Å². The second-order valence-electron chi connectivity index (χ2n) is 14.8. The van der Waals surface area contributed by atoms with Gasteiger partial charge in [0, 0.05) is 43.7 Å². The van der Waals surface area contributed by atoms with Crippen molar-refractivity contribution >= 4 is 65.6 Å². The molecule has 0 aliphatic rings. The van der Waals surface area contributed by atoms with Crippen molar-refractivity contribution in [1.82, 2.24) is 9.13 Å². The van der Waals surface area contributed by atoms with Gasteiger partial charge in [0.25, 0.3) is 0 Å². The van der Waals surface area contributed by atoms with Crippen molar-refractivity contribution in [2.24, 2.45) is 0 Å². The first-order valence-electron chi connectivity index (χ1n) is 17.4. The van der Waals surface area contributed by atoms with Crippen LogP contribution in [0.15, 0.2) is 150 Å². The van der Waals surface area contributed by atoms with Crippen LogP contribution in [0.4, 0.5) is 0 Å². The molecular weight excluding hydrogens is 609 g/mol. The average Bonchev–Trinajstić information content (AvgIpc) is 3.78. The van der Waals surface area contributed by atoms with Gasteiger partial charge < -0.3 is 13.6 Å². The molecule has 10 rings (SSSR count). The Balaban J connectivity index is 1.19. The van der Waals surface area contributed by atoms with Crippen LogP contribution in [-0.2, 0) is 5.41 Å². The first-order chi connectivity index (χ1) is 24.3. The van der Waals surface area contributed by atoms with Gasteiger partial charge in [0.2, 0.25) is 0 Å². The van der Waals surface area contributed by atoms with E-state index in [1.165, 1.54) is 71.6 Å². The van der Waals surface area contributed by atoms with Gasteiger partial charge in [-0.05, 0) is 102 Å². The third-order valence-electron chi connectivity index (χ3n) is 10.5. The Hall–Kier alpha value is -6.06. The number of para-hydroxylation sites is 3. The normalized spacial score (nSPS) is 12.4. The molecule has 0 fully saturated rings. The summed E-state index contributed by atoms with van der Waals surface area (Å²) in [5.74, 6) is 0. The van der Waals surface area contributed by atoms with Gasteiger partial charge in [-0.2, -0.15) is 0 Å². The Kier molecular flexibility index (Phi) is 6.05. The topological polar surface area (TPSA) is 23.0 Å². The molecule has 0 N–H and O–H groups in total. The van der Waals surface area contributed by atoms with E-state index in [9.17, 15) is 0 Å². The van der Waals surface area contributed by atoms with Crippen molar-refractivity contribution in [3.05, 3.63) is 157 Å². The molecule has 50 heavy (non-hydrogen) atoms. The lowest BCUT2D eigenvalue weighted by atomic mass is 9.85. The molecule has 3 heterocycles. The van der Waals surface area contributed by atoms with Crippen molar-refractivity contribution in [3.63, 3.8) is 0 Å². The molecule has 3 aromatic heterocycles. The number of aryl methyl sites for hydroxylation is 1. The van der Waals surface area contributed by atoms with Crippen molar-refractivity contribution in [2.45, 2.75) is 33.1 Å². The molecule has 3 nitrogen and oxygen atoms in total. The lowest BCUT2D eigenvalue weighted by Gasteiger charge is -2.22. The van der Waals surface area contributed by atoms with Crippen molar-refractivity contribution in [2.75, 3.05) is 0 Å². The van der Waals surface area contributed by atoms with E-state index in [1.54, 1.807) is 0 Å². The highest BCUT2D eigenvalue weighted by Crippen LogP contribution is 2.40. The van der Waals surface area contributed by atoms with E-state index in [4.69, 9.17) is 4.42 Å². The van der Waals surface area contributed by atoms with E-state index in [0.29, 0.717) is 0 Å². The van der Waals surface area contributed by atoms with Crippen molar-refractivity contribution in [1.29, 1.82) is 0 Å². The molecule has 3 heteroatoms. The molecule has 0 radical (unpaired) electrons. The molecule has 0 saturated heterocycles. The third kappa shape index (κ3) is 4.29. The highest BCUT2D eigenvalue weighted by atomic mass is 16.3. The summed E-state index contributed by atoms with van der Waals surface area (Å²) in [6.45, 7) is 9.06. The molecule has 0 atom stereocenters. The Morgan fingerprint density at radius 3 is 1.64 bits per heavy atom. The molecule has 0 aliphatic heterocycles. The van der Waals surface area contributed by atoms with Gasteiger partial charge in [-0.15, -0.1) is 0 Å². The minimum absolute atomic E-state index is 0.0360. The third-order valence-corrected chi connectivity index (χ3v) is 10.5. The fraction of sp³-hybridized carbons (Fsp3) is 0.106. The molecule has 0 saturated carbocycles. The van der Waals surface area contributed by atoms with Crippen LogP contribution >= 0.6 is 0 Å². The van der Waals surface area contributed by atoms with E-state index >= 15 is 0 Å². The van der Waals surface area contributed by atoms with Crippen LogP contribution in [0.3, 0.4) is 0 Å². The maximum Gasteiger partial charge on any atom is 0.135 e. The van der Waals surface area contributed by atoms with Crippen LogP contribution in [0.5, 0.6) is 0 Å². The zero-order chi connectivity index (χ0) is 33.7. The van der Waals surface area contributed by atoms with Crippen LogP contribution in [0.25, 0.3) is 88.1 Å². The molecular formula is C47H36N2O. The maximum absolute atomic E-state index is 6.45. The minimum atomic E-state index is -0.0360. The highest BCUT2D eigenvalue weighted by Gasteiger charge is 2.20. The first kappa shape index (κ1) is 28.9. The van der Waals surface area contributed by atoms with E-state index in [2.05, 4.69) is 182 Å². The van der Waals surface area contributed by atoms with Gasteiger partial charge in [-0.1, -0.05) is 99.1 Å². The summed E-state index contributed by atoms with van der Waals surface area (Å²) in [5.41, 5.74) is 13.8. The molecule has 0 bridgehead atoms. The van der Waals surface area contributed by atoms with Crippen LogP contribution in [0.2, 0.25) is 0 Å². The summed E-state index contributed by atoms with van der Waals surface area (Å²) in [6.07, 6.45) is 0. The molecule has 0 unspecified atom stereocenters. The van der Waals surface area contributed by atoms with Gasteiger partial charge in [0.1, 0.15) is 11.2 Å². The number of hydrogen-bond acceptors (Lipinski definition) is 1. The van der Waals surface area contributed by atoms with Crippen LogP contribution in [0.1, 0.15) is 31.9 Å². The number of hydrogen-bond donors (Lipinski definition) is 0. The SMILES string of the molecule is Cc1ccc2c(c1)c1ccccc1n2-c1ccc2oc3ccc(-c4cc(-n5c6ccccc6c6ccccc65)cc(C(C)(C)C)c4)cc3c2c1. The summed E-state index contributed by atoms with van der Waals surface area (Å²) >= 11 is 0. The molecule has 0 spiro atoms. The lowest BCUT2D eigenvalue weighted by Crippen LogP contribution is -2.12. The summed E-state index contributed by atoms with van der Waals surface area (Å²) in [7, 11) is 0. The van der Waals surface area contributed by atoms with Crippen LogP contribution < -0.4 is 0 Å². The van der Waals surface area contributed by atoms with E-state index < -0.39 is 0 Å². The van der Waals surface area contributed by atoms with Crippen molar-refractivity contribution < 1.29 is 4.42 Å². The number of furan rings is 1. The Morgan fingerprint density at radius 2 is 0.980 bits per heavy atom. The molecule has 240 valence electrons. The maximum atomic E-state index is 6.45. The summed E-state index contributed by atoms with van der Waals surface area (Å²) in [4.78, 5) is 0. The second-order valence-corrected chi connectivity index (χ2v) is 14.8. The van der Waals surface area contributed by atoms with Gasteiger partial charge >= 0.3 is 0 Å². The zero-order valence-electron chi connectivity index (χ0n) is 28.7. The molecule has 10 aromatic rings. The summed E-state index contributed by atoms with van der Waals surface area (Å²) in [6, 6.07) is 53.3. The van der Waals surface area contributed by atoms with Gasteiger partial charge in [-0.3, -0.25) is 0 Å². The van der Waals surface area contributed by atoms with E-state index in [0.717, 1.165) is 27.6 Å². The van der Waals surface area contributed by atoms with E-state index in [-0.39, 0.29) is 5.41 Å². The predicted molar refractivity (Wildman–Crippen MR) is 211 cm³/mol. The van der Waals surface area contributed by atoms with Gasteiger partial charge in [0.15, 0.2) is 0 Å². The smallest absolute Gasteiger partial charge is 0.135 e. The van der Waals surface area contributed by atoms with Crippen LogP contribution in [-0.4, -0.2) is 9.13 Å². The standard InChI is InChI=1S/C47H36N2O/c1-29-17-20-44-38(23-29)37-13-7-10-16-43(37)48(44)33-19-22-46-40(28-33)39-26-30(18-21-45(39)50-46)31-24-32(47(2,3)4)27-34(25-31)49-41-14-8-5-11-35(41)36-12-6-9-15-42(36)49/h5-28H,1-4H3.